The summed E-state index contributed by atoms with van der Waals surface area (Å²) in [5.41, 5.74) is 0. The van der Waals surface area contributed by atoms with Crippen LogP contribution in [0.2, 0.25) is 0 Å². The van der Waals surface area contributed by atoms with Crippen molar-refractivity contribution in [1.29, 1.82) is 0 Å². The van der Waals surface area contributed by atoms with Crippen molar-refractivity contribution in [2.45, 2.75) is 57.0 Å². The Kier molecular flexibility index (Phi) is 3.50. The van der Waals surface area contributed by atoms with E-state index in [9.17, 15) is 0 Å². The summed E-state index contributed by atoms with van der Waals surface area (Å²) in [7, 11) is 0. The van der Waals surface area contributed by atoms with Crippen molar-refractivity contribution in [3.63, 3.8) is 0 Å². The molecule has 0 aliphatic heterocycles. The van der Waals surface area contributed by atoms with Crippen molar-refractivity contribution >= 4 is 23.1 Å². The van der Waals surface area contributed by atoms with E-state index in [0.717, 1.165) is 10.9 Å². The molecule has 1 aromatic rings. The van der Waals surface area contributed by atoms with Crippen LogP contribution in [-0.2, 0) is 0 Å². The summed E-state index contributed by atoms with van der Waals surface area (Å²) in [4.78, 5) is 0. The second-order valence-electron chi connectivity index (χ2n) is 5.33. The van der Waals surface area contributed by atoms with Crippen LogP contribution in [-0.4, -0.2) is 20.9 Å². The maximum atomic E-state index is 5.32. The molecule has 4 nitrogen and oxygen atoms in total. The highest BCUT2D eigenvalue weighted by Gasteiger charge is 2.23. The highest BCUT2D eigenvalue weighted by Crippen LogP contribution is 2.29. The van der Waals surface area contributed by atoms with Gasteiger partial charge in [-0.2, -0.15) is 5.10 Å². The van der Waals surface area contributed by atoms with Crippen LogP contribution in [0.25, 0.3) is 0 Å². The molecule has 2 N–H and O–H groups in total. The van der Waals surface area contributed by atoms with Gasteiger partial charge in [-0.25, -0.2) is 4.68 Å². The Hall–Kier alpha value is -1.10. The fourth-order valence-electron chi connectivity index (χ4n) is 2.60. The van der Waals surface area contributed by atoms with Gasteiger partial charge in [0.2, 0.25) is 0 Å². The molecule has 2 saturated carbocycles. The van der Waals surface area contributed by atoms with Crippen molar-refractivity contribution in [3.8, 4) is 0 Å². The van der Waals surface area contributed by atoms with Gasteiger partial charge in [0.15, 0.2) is 5.11 Å². The summed E-state index contributed by atoms with van der Waals surface area (Å²) in [5, 5.41) is 11.8. The van der Waals surface area contributed by atoms with Crippen LogP contribution in [0, 0.1) is 0 Å². The molecule has 2 aliphatic rings. The van der Waals surface area contributed by atoms with Crippen LogP contribution < -0.4 is 10.6 Å². The predicted molar refractivity (Wildman–Crippen MR) is 76.7 cm³/mol. The minimum Gasteiger partial charge on any atom is -0.360 e. The largest absolute Gasteiger partial charge is 0.360 e. The Morgan fingerprint density at radius 2 is 2.00 bits per heavy atom. The van der Waals surface area contributed by atoms with Crippen molar-refractivity contribution < 1.29 is 0 Å². The maximum Gasteiger partial charge on any atom is 0.172 e. The molecule has 0 saturated heterocycles. The van der Waals surface area contributed by atoms with Gasteiger partial charge in [0.25, 0.3) is 0 Å². The van der Waals surface area contributed by atoms with Crippen LogP contribution >= 0.6 is 12.2 Å². The molecule has 5 heteroatoms. The second kappa shape index (κ2) is 5.26. The SMILES string of the molecule is S=C(Nc1ccnn1C1CCCCC1)NC1CC1. The fraction of sp³-hybridized carbons (Fsp3) is 0.692. The van der Waals surface area contributed by atoms with E-state index in [1.165, 1.54) is 44.9 Å². The zero-order valence-corrected chi connectivity index (χ0v) is 11.4. The van der Waals surface area contributed by atoms with Gasteiger partial charge in [-0.1, -0.05) is 19.3 Å². The van der Waals surface area contributed by atoms with Gasteiger partial charge in [-0.3, -0.25) is 0 Å². The summed E-state index contributed by atoms with van der Waals surface area (Å²) < 4.78 is 2.11. The van der Waals surface area contributed by atoms with Gasteiger partial charge in [0.1, 0.15) is 5.82 Å². The van der Waals surface area contributed by atoms with E-state index in [1.807, 2.05) is 12.3 Å². The molecule has 0 radical (unpaired) electrons. The molecule has 1 heterocycles. The summed E-state index contributed by atoms with van der Waals surface area (Å²) in [5.74, 6) is 1.03. The van der Waals surface area contributed by atoms with Crippen LogP contribution in [0.15, 0.2) is 12.3 Å². The van der Waals surface area contributed by atoms with Crippen molar-refractivity contribution in [2.24, 2.45) is 0 Å². The Morgan fingerprint density at radius 1 is 1.22 bits per heavy atom. The molecule has 18 heavy (non-hydrogen) atoms. The normalized spacial score (nSPS) is 20.7. The quantitative estimate of drug-likeness (QED) is 0.824. The summed E-state index contributed by atoms with van der Waals surface area (Å²) in [6, 6.07) is 3.14. The number of hydrogen-bond donors (Lipinski definition) is 2. The van der Waals surface area contributed by atoms with Gasteiger partial charge in [0.05, 0.1) is 12.2 Å². The summed E-state index contributed by atoms with van der Waals surface area (Å²) in [6.07, 6.45) is 10.8. The molecule has 2 aliphatic carbocycles. The minimum atomic E-state index is 0.542. The molecule has 2 fully saturated rings. The first-order valence-electron chi connectivity index (χ1n) is 6.94. The van der Waals surface area contributed by atoms with Gasteiger partial charge in [-0.05, 0) is 37.9 Å². The Bertz CT molecular complexity index is 418. The molecule has 0 unspecified atom stereocenters. The van der Waals surface area contributed by atoms with E-state index in [4.69, 9.17) is 12.2 Å². The summed E-state index contributed by atoms with van der Waals surface area (Å²) in [6.45, 7) is 0. The van der Waals surface area contributed by atoms with E-state index in [2.05, 4.69) is 20.4 Å². The monoisotopic (exact) mass is 264 g/mol. The lowest BCUT2D eigenvalue weighted by atomic mass is 9.96. The maximum absolute atomic E-state index is 5.32. The third kappa shape index (κ3) is 2.83. The number of aromatic nitrogens is 2. The second-order valence-corrected chi connectivity index (χ2v) is 5.73. The number of rotatable bonds is 3. The molecular formula is C13H20N4S. The number of hydrogen-bond acceptors (Lipinski definition) is 2. The van der Waals surface area contributed by atoms with Gasteiger partial charge in [-0.15, -0.1) is 0 Å². The highest BCUT2D eigenvalue weighted by atomic mass is 32.1. The first kappa shape index (κ1) is 12.0. The fourth-order valence-corrected chi connectivity index (χ4v) is 2.87. The van der Waals surface area contributed by atoms with E-state index >= 15 is 0 Å². The molecule has 1 aromatic heterocycles. The Morgan fingerprint density at radius 3 is 2.72 bits per heavy atom. The van der Waals surface area contributed by atoms with Crippen molar-refractivity contribution in [3.05, 3.63) is 12.3 Å². The molecular weight excluding hydrogens is 244 g/mol. The smallest absolute Gasteiger partial charge is 0.172 e. The Labute approximate surface area is 113 Å². The predicted octanol–water partition coefficient (Wildman–Crippen LogP) is 2.84. The average Bonchev–Trinajstić information content (AvgIpc) is 3.07. The lowest BCUT2D eigenvalue weighted by Gasteiger charge is -2.24. The molecule has 0 atom stereocenters. The van der Waals surface area contributed by atoms with E-state index in [-0.39, 0.29) is 0 Å². The first-order valence-corrected chi connectivity index (χ1v) is 7.35. The van der Waals surface area contributed by atoms with E-state index < -0.39 is 0 Å². The molecule has 0 amide bonds. The molecule has 3 rings (SSSR count). The van der Waals surface area contributed by atoms with Crippen LogP contribution in [0.3, 0.4) is 0 Å². The zero-order chi connectivity index (χ0) is 12.4. The van der Waals surface area contributed by atoms with Gasteiger partial charge in [0, 0.05) is 12.1 Å². The first-order chi connectivity index (χ1) is 8.83. The number of thiocarbonyl (C=S) groups is 1. The number of nitrogens with zero attached hydrogens (tertiary/aromatic N) is 2. The zero-order valence-electron chi connectivity index (χ0n) is 10.6. The molecule has 98 valence electrons. The van der Waals surface area contributed by atoms with Gasteiger partial charge >= 0.3 is 0 Å². The van der Waals surface area contributed by atoms with Crippen molar-refractivity contribution in [2.75, 3.05) is 5.32 Å². The molecule has 0 spiro atoms. The average molecular weight is 264 g/mol. The topological polar surface area (TPSA) is 41.9 Å². The lowest BCUT2D eigenvalue weighted by Crippen LogP contribution is -2.31. The number of nitrogens with one attached hydrogen (secondary N) is 2. The van der Waals surface area contributed by atoms with E-state index in [0.29, 0.717) is 12.1 Å². The number of anilines is 1. The lowest BCUT2D eigenvalue weighted by molar-refractivity contribution is 0.333. The Balaban J connectivity index is 1.64. The minimum absolute atomic E-state index is 0.542. The van der Waals surface area contributed by atoms with Crippen molar-refractivity contribution in [1.82, 2.24) is 15.1 Å². The van der Waals surface area contributed by atoms with Crippen LogP contribution in [0.1, 0.15) is 51.0 Å². The molecule has 0 bridgehead atoms. The van der Waals surface area contributed by atoms with Gasteiger partial charge < -0.3 is 10.6 Å². The van der Waals surface area contributed by atoms with Crippen LogP contribution in [0.4, 0.5) is 5.82 Å². The van der Waals surface area contributed by atoms with E-state index in [1.54, 1.807) is 0 Å². The van der Waals surface area contributed by atoms with Crippen LogP contribution in [0.5, 0.6) is 0 Å². The third-order valence-corrected chi connectivity index (χ3v) is 3.96. The summed E-state index contributed by atoms with van der Waals surface area (Å²) >= 11 is 5.32. The standard InChI is InChI=1S/C13H20N4S/c18-13(15-10-6-7-10)16-12-8-9-14-17(12)11-4-2-1-3-5-11/h8-11H,1-7H2,(H2,15,16,18). The molecule has 0 aromatic carbocycles. The third-order valence-electron chi connectivity index (χ3n) is 3.75. The highest BCUT2D eigenvalue weighted by molar-refractivity contribution is 7.80.